The summed E-state index contributed by atoms with van der Waals surface area (Å²) in [5, 5.41) is 33.0. The van der Waals surface area contributed by atoms with Crippen LogP contribution < -0.4 is 9.47 Å². The van der Waals surface area contributed by atoms with Crippen LogP contribution in [0.15, 0.2) is 218 Å². The maximum Gasteiger partial charge on any atom is 0.143 e. The lowest BCUT2D eigenvalue weighted by atomic mass is 9.91. The van der Waals surface area contributed by atoms with E-state index in [1.807, 2.05) is 133 Å². The number of benzene rings is 12. The maximum absolute atomic E-state index is 11.0. The summed E-state index contributed by atoms with van der Waals surface area (Å²) >= 11 is 0. The predicted molar refractivity (Wildman–Crippen MR) is 273 cm³/mol. The minimum Gasteiger partial charge on any atom is -0.455 e. The van der Waals surface area contributed by atoms with Crippen LogP contribution in [0.25, 0.3) is 98.0 Å². The summed E-state index contributed by atoms with van der Waals surface area (Å²) < 4.78 is 32.3. The quantitative estimate of drug-likeness (QED) is 0.152. The van der Waals surface area contributed by atoms with Gasteiger partial charge in [-0.3, -0.25) is 0 Å². The van der Waals surface area contributed by atoms with E-state index in [2.05, 4.69) is 84.9 Å². The molecule has 12 rings (SSSR count). The van der Waals surface area contributed by atoms with Crippen molar-refractivity contribution in [1.82, 2.24) is 0 Å². The van der Waals surface area contributed by atoms with Crippen molar-refractivity contribution in [3.8, 4) is 56.4 Å². The molecule has 0 bridgehead atoms. The van der Waals surface area contributed by atoms with Crippen molar-refractivity contribution in [2.24, 2.45) is 0 Å². The Labute approximate surface area is 384 Å². The lowest BCUT2D eigenvalue weighted by molar-refractivity contribution is 0.283. The van der Waals surface area contributed by atoms with Crippen LogP contribution in [0.5, 0.6) is 23.0 Å². The first-order valence-corrected chi connectivity index (χ1v) is 22.1. The van der Waals surface area contributed by atoms with Gasteiger partial charge in [0.1, 0.15) is 23.0 Å². The third kappa shape index (κ3) is 6.54. The molecule has 0 aliphatic rings. The van der Waals surface area contributed by atoms with Crippen LogP contribution in [-0.4, -0.2) is 10.2 Å². The van der Waals surface area contributed by atoms with Gasteiger partial charge in [-0.05, 0) is 100 Å². The molecule has 0 aliphatic carbocycles. The molecule has 0 aliphatic heterocycles. The fourth-order valence-corrected chi connectivity index (χ4v) is 9.92. The molecule has 4 heteroatoms. The molecule has 314 valence electrons. The van der Waals surface area contributed by atoms with Gasteiger partial charge in [0.05, 0.1) is 15.9 Å². The molecule has 4 nitrogen and oxygen atoms in total. The Bertz CT molecular complexity index is 3680. The molecular weight excluding hydrogens is 809 g/mol. The molecule has 0 amide bonds. The highest BCUT2D eigenvalue weighted by molar-refractivity contribution is 6.12. The van der Waals surface area contributed by atoms with Crippen LogP contribution in [0.3, 0.4) is 0 Å². The molecule has 2 unspecified atom stereocenters. The Balaban J connectivity index is 1.15. The third-order valence-corrected chi connectivity index (χ3v) is 12.9. The molecule has 0 aromatic heterocycles. The van der Waals surface area contributed by atoms with Gasteiger partial charge < -0.3 is 19.7 Å². The Kier molecular flexibility index (Phi) is 9.21. The second kappa shape index (κ2) is 16.4. The second-order valence-corrected chi connectivity index (χ2v) is 16.6. The van der Waals surface area contributed by atoms with E-state index in [4.69, 9.17) is 12.2 Å². The van der Waals surface area contributed by atoms with Gasteiger partial charge >= 0.3 is 0 Å². The van der Waals surface area contributed by atoms with Crippen LogP contribution in [0.1, 0.15) is 13.9 Å². The van der Waals surface area contributed by atoms with Gasteiger partial charge in [0, 0.05) is 33.0 Å². The van der Waals surface area contributed by atoms with Crippen LogP contribution in [0.2, 0.25) is 0 Å². The minimum atomic E-state index is -1.48. The zero-order valence-electron chi connectivity index (χ0n) is 37.7. The fourth-order valence-electron chi connectivity index (χ4n) is 9.92. The topological polar surface area (TPSA) is 58.9 Å². The number of aliphatic hydroxyl groups excluding tert-OH is 2. The van der Waals surface area contributed by atoms with Gasteiger partial charge in [-0.2, -0.15) is 0 Å². The second-order valence-electron chi connectivity index (χ2n) is 16.6. The zero-order chi connectivity index (χ0) is 45.9. The predicted octanol–water partition coefficient (Wildman–Crippen LogP) is 16.2. The number of hydrogen-bond acceptors (Lipinski definition) is 4. The van der Waals surface area contributed by atoms with Crippen molar-refractivity contribution >= 4 is 64.6 Å². The van der Waals surface area contributed by atoms with Crippen molar-refractivity contribution < 1.29 is 22.4 Å². The van der Waals surface area contributed by atoms with E-state index >= 15 is 0 Å². The lowest BCUT2D eigenvalue weighted by Crippen LogP contribution is -1.99. The van der Waals surface area contributed by atoms with E-state index in [-0.39, 0.29) is 0 Å². The summed E-state index contributed by atoms with van der Waals surface area (Å²) in [6.07, 6.45) is 0. The van der Waals surface area contributed by atoms with Crippen LogP contribution in [-0.2, 0) is 13.2 Å². The highest BCUT2D eigenvalue weighted by atomic mass is 16.5. The van der Waals surface area contributed by atoms with E-state index < -0.39 is 13.2 Å². The number of aliphatic hydroxyl groups is 2. The first-order valence-electron chi connectivity index (χ1n) is 23.2. The summed E-state index contributed by atoms with van der Waals surface area (Å²) in [5.74, 6) is 2.36. The highest BCUT2D eigenvalue weighted by Crippen LogP contribution is 2.52. The van der Waals surface area contributed by atoms with Crippen molar-refractivity contribution in [2.45, 2.75) is 13.2 Å². The Hall–Kier alpha value is -8.28. The Morgan fingerprint density at radius 3 is 1.02 bits per heavy atom. The van der Waals surface area contributed by atoms with Gasteiger partial charge in [-0.15, -0.1) is 0 Å². The monoisotopic (exact) mass is 852 g/mol. The largest absolute Gasteiger partial charge is 0.455 e. The average molecular weight is 853 g/mol. The molecule has 12 aromatic carbocycles. The molecule has 0 radical (unpaired) electrons. The van der Waals surface area contributed by atoms with E-state index in [1.165, 1.54) is 0 Å². The summed E-state index contributed by atoms with van der Waals surface area (Å²) in [6.45, 7) is -2.97. The van der Waals surface area contributed by atoms with Crippen molar-refractivity contribution in [3.63, 3.8) is 0 Å². The van der Waals surface area contributed by atoms with E-state index in [0.29, 0.717) is 34.1 Å². The SMILES string of the molecule is [2H]C(O)c1cc(-c2cccc3ccccc23)c(Oc2ccc3ccccc3c2-c2c(Oc3c(-c4cccc5ccccc45)cc(C([2H])O)c4ccccc34)ccc3ccccc23)c2ccccc12. The smallest absolute Gasteiger partial charge is 0.143 e. The summed E-state index contributed by atoms with van der Waals surface area (Å²) in [5.41, 5.74) is 5.93. The van der Waals surface area contributed by atoms with E-state index in [1.54, 1.807) is 0 Å². The minimum absolute atomic E-state index is 0.484. The molecule has 0 saturated carbocycles. The van der Waals surface area contributed by atoms with Gasteiger partial charge in [-0.1, -0.05) is 194 Å². The first-order chi connectivity index (χ1) is 33.4. The molecule has 0 heterocycles. The van der Waals surface area contributed by atoms with Gasteiger partial charge in [0.15, 0.2) is 0 Å². The normalized spacial score (nSPS) is 13.0. The zero-order valence-corrected chi connectivity index (χ0v) is 35.7. The van der Waals surface area contributed by atoms with Crippen molar-refractivity contribution in [1.29, 1.82) is 0 Å². The number of rotatable bonds is 9. The molecule has 0 fully saturated rings. The molecule has 12 aromatic rings. The first kappa shape index (κ1) is 37.1. The standard InChI is InChI=1S/C62H42O4/c63-37-43-35-55(51-29-13-19-39-15-1-5-21-45(39)51)61(53-27-11-9-23-47(43)53)65-57-33-31-41-17-3-7-25-49(41)59(57)60-50-26-8-4-18-42(50)32-34-58(60)66-62-54-28-12-10-24-48(54)44(38-64)36-56(62)52-30-14-20-40-16-2-6-22-46(40)52/h1-36,63-64H,37-38H2/i37D,38D. The van der Waals surface area contributed by atoms with E-state index in [9.17, 15) is 10.2 Å². The molecule has 66 heavy (non-hydrogen) atoms. The Morgan fingerprint density at radius 1 is 0.303 bits per heavy atom. The number of ether oxygens (including phenoxy) is 2. The highest BCUT2D eigenvalue weighted by Gasteiger charge is 2.25. The summed E-state index contributed by atoms with van der Waals surface area (Å²) in [4.78, 5) is 0. The molecule has 0 saturated heterocycles. The summed E-state index contributed by atoms with van der Waals surface area (Å²) in [6, 6.07) is 73.1. The van der Waals surface area contributed by atoms with Crippen molar-refractivity contribution in [3.05, 3.63) is 230 Å². The lowest BCUT2D eigenvalue weighted by Gasteiger charge is -2.23. The average Bonchev–Trinajstić information content (AvgIpc) is 3.38. The van der Waals surface area contributed by atoms with Crippen LogP contribution in [0, 0.1) is 0 Å². The number of hydrogen-bond donors (Lipinski definition) is 2. The maximum atomic E-state index is 11.0. The summed E-state index contributed by atoms with van der Waals surface area (Å²) in [7, 11) is 0. The Morgan fingerprint density at radius 2 is 0.621 bits per heavy atom. The molecule has 0 spiro atoms. The van der Waals surface area contributed by atoms with Crippen LogP contribution in [0.4, 0.5) is 0 Å². The van der Waals surface area contributed by atoms with Crippen LogP contribution >= 0.6 is 0 Å². The van der Waals surface area contributed by atoms with E-state index in [0.717, 1.165) is 98.0 Å². The third-order valence-electron chi connectivity index (χ3n) is 12.9. The fraction of sp³-hybridized carbons (Fsp3) is 0.0323. The van der Waals surface area contributed by atoms with Gasteiger partial charge in [0.2, 0.25) is 0 Å². The molecular formula is C62H42O4. The van der Waals surface area contributed by atoms with Crippen molar-refractivity contribution in [2.75, 3.05) is 0 Å². The molecule has 2 N–H and O–H groups in total. The number of fused-ring (bicyclic) bond motifs is 6. The van der Waals surface area contributed by atoms with Gasteiger partial charge in [0.25, 0.3) is 0 Å². The molecule has 2 atom stereocenters. The van der Waals surface area contributed by atoms with Gasteiger partial charge in [-0.25, -0.2) is 0 Å².